The van der Waals surface area contributed by atoms with E-state index in [1.165, 1.54) is 14.2 Å². The predicted molar refractivity (Wildman–Crippen MR) is 78.5 cm³/mol. The van der Waals surface area contributed by atoms with E-state index in [9.17, 15) is 4.79 Å². The second-order valence-electron chi connectivity index (χ2n) is 4.14. The van der Waals surface area contributed by atoms with Crippen LogP contribution in [0.25, 0.3) is 0 Å². The molecule has 0 aliphatic rings. The number of Topliss-reactive ketones (excluding diaryl/α,β-unsaturated/α-hetero) is 1. The van der Waals surface area contributed by atoms with Crippen molar-refractivity contribution in [2.75, 3.05) is 21.3 Å². The summed E-state index contributed by atoms with van der Waals surface area (Å²) in [5.74, 6) is 1.53. The number of thiophene rings is 1. The molecule has 0 unspecified atom stereocenters. The van der Waals surface area contributed by atoms with Gasteiger partial charge in [-0.15, -0.1) is 0 Å². The van der Waals surface area contributed by atoms with Crippen molar-refractivity contribution in [1.82, 2.24) is 0 Å². The average molecular weight is 292 g/mol. The van der Waals surface area contributed by atoms with Crippen LogP contribution in [0.1, 0.15) is 15.9 Å². The Hall–Kier alpha value is -2.01. The van der Waals surface area contributed by atoms with E-state index in [1.807, 2.05) is 16.8 Å². The number of benzene rings is 1. The van der Waals surface area contributed by atoms with Crippen molar-refractivity contribution in [1.29, 1.82) is 0 Å². The van der Waals surface area contributed by atoms with Crippen molar-refractivity contribution in [3.8, 4) is 17.2 Å². The highest BCUT2D eigenvalue weighted by atomic mass is 32.1. The average Bonchev–Trinajstić information content (AvgIpc) is 2.98. The molecule has 0 atom stereocenters. The third-order valence-corrected chi connectivity index (χ3v) is 3.68. The number of methoxy groups -OCH3 is 3. The molecule has 0 aliphatic carbocycles. The largest absolute Gasteiger partial charge is 0.496 e. The smallest absolute Gasteiger partial charge is 0.171 e. The lowest BCUT2D eigenvalue weighted by molar-refractivity contribution is 0.0989. The molecule has 106 valence electrons. The molecule has 1 aromatic heterocycles. The van der Waals surface area contributed by atoms with Crippen molar-refractivity contribution in [3.05, 3.63) is 40.1 Å². The molecule has 0 saturated heterocycles. The predicted octanol–water partition coefficient (Wildman–Crippen LogP) is 3.20. The number of hydrogen-bond acceptors (Lipinski definition) is 5. The second kappa shape index (κ2) is 6.43. The number of ether oxygens (including phenoxy) is 3. The SMILES string of the molecule is COc1cc(OC)c(C(=O)Cc2ccsc2)cc1OC. The quantitative estimate of drug-likeness (QED) is 0.767. The topological polar surface area (TPSA) is 44.8 Å². The van der Waals surface area contributed by atoms with Crippen LogP contribution in [0, 0.1) is 0 Å². The maximum atomic E-state index is 12.4. The molecule has 0 aliphatic heterocycles. The summed E-state index contributed by atoms with van der Waals surface area (Å²) >= 11 is 1.57. The van der Waals surface area contributed by atoms with Crippen molar-refractivity contribution >= 4 is 17.1 Å². The monoisotopic (exact) mass is 292 g/mol. The van der Waals surface area contributed by atoms with Crippen molar-refractivity contribution < 1.29 is 19.0 Å². The zero-order valence-corrected chi connectivity index (χ0v) is 12.5. The summed E-state index contributed by atoms with van der Waals surface area (Å²) in [5, 5.41) is 3.92. The molecular formula is C15H16O4S. The van der Waals surface area contributed by atoms with E-state index in [1.54, 1.807) is 30.6 Å². The van der Waals surface area contributed by atoms with Gasteiger partial charge in [0, 0.05) is 12.5 Å². The fourth-order valence-corrected chi connectivity index (χ4v) is 2.59. The van der Waals surface area contributed by atoms with E-state index in [0.29, 0.717) is 29.2 Å². The first kappa shape index (κ1) is 14.4. The minimum Gasteiger partial charge on any atom is -0.496 e. The highest BCUT2D eigenvalue weighted by Crippen LogP contribution is 2.35. The van der Waals surface area contributed by atoms with Crippen LogP contribution in [0.2, 0.25) is 0 Å². The van der Waals surface area contributed by atoms with Crippen LogP contribution in [0.15, 0.2) is 29.0 Å². The fraction of sp³-hybridized carbons (Fsp3) is 0.267. The molecule has 0 spiro atoms. The van der Waals surface area contributed by atoms with Gasteiger partial charge in [0.05, 0.1) is 26.9 Å². The van der Waals surface area contributed by atoms with Gasteiger partial charge in [-0.2, -0.15) is 11.3 Å². The Morgan fingerprint density at radius 2 is 1.70 bits per heavy atom. The molecule has 0 amide bonds. The highest BCUT2D eigenvalue weighted by molar-refractivity contribution is 7.08. The maximum Gasteiger partial charge on any atom is 0.171 e. The third kappa shape index (κ3) is 2.93. The molecule has 0 saturated carbocycles. The van der Waals surface area contributed by atoms with Crippen molar-refractivity contribution in [2.24, 2.45) is 0 Å². The van der Waals surface area contributed by atoms with Crippen LogP contribution in [0.4, 0.5) is 0 Å². The number of carbonyl (C=O) groups excluding carboxylic acids is 1. The first-order valence-corrected chi connectivity index (χ1v) is 6.98. The van der Waals surface area contributed by atoms with E-state index in [-0.39, 0.29) is 5.78 Å². The number of ketones is 1. The molecule has 2 aromatic rings. The van der Waals surface area contributed by atoms with Crippen LogP contribution in [-0.2, 0) is 6.42 Å². The van der Waals surface area contributed by atoms with Gasteiger partial charge in [0.25, 0.3) is 0 Å². The van der Waals surface area contributed by atoms with Crippen LogP contribution >= 0.6 is 11.3 Å². The lowest BCUT2D eigenvalue weighted by Crippen LogP contribution is -2.06. The van der Waals surface area contributed by atoms with E-state index in [4.69, 9.17) is 14.2 Å². The van der Waals surface area contributed by atoms with Crippen molar-refractivity contribution in [3.63, 3.8) is 0 Å². The molecule has 4 nitrogen and oxygen atoms in total. The third-order valence-electron chi connectivity index (χ3n) is 2.95. The summed E-state index contributed by atoms with van der Waals surface area (Å²) in [7, 11) is 4.62. The van der Waals surface area contributed by atoms with E-state index in [0.717, 1.165) is 5.56 Å². The summed E-state index contributed by atoms with van der Waals surface area (Å²) in [6, 6.07) is 5.27. The van der Waals surface area contributed by atoms with Gasteiger partial charge in [-0.1, -0.05) is 0 Å². The van der Waals surface area contributed by atoms with Crippen LogP contribution < -0.4 is 14.2 Å². The molecule has 5 heteroatoms. The number of hydrogen-bond donors (Lipinski definition) is 0. The lowest BCUT2D eigenvalue weighted by Gasteiger charge is -2.13. The van der Waals surface area contributed by atoms with E-state index >= 15 is 0 Å². The molecule has 1 aromatic carbocycles. The molecule has 1 heterocycles. The zero-order valence-electron chi connectivity index (χ0n) is 11.6. The van der Waals surface area contributed by atoms with Crippen LogP contribution in [0.3, 0.4) is 0 Å². The Morgan fingerprint density at radius 1 is 1.05 bits per heavy atom. The Kier molecular flexibility index (Phi) is 4.63. The Balaban J connectivity index is 2.36. The molecule has 20 heavy (non-hydrogen) atoms. The summed E-state index contributed by atoms with van der Waals surface area (Å²) in [6.07, 6.45) is 0.343. The zero-order chi connectivity index (χ0) is 14.5. The van der Waals surface area contributed by atoms with Gasteiger partial charge < -0.3 is 14.2 Å². The lowest BCUT2D eigenvalue weighted by atomic mass is 10.0. The number of carbonyl (C=O) groups is 1. The van der Waals surface area contributed by atoms with Crippen LogP contribution in [0.5, 0.6) is 17.2 Å². The van der Waals surface area contributed by atoms with Gasteiger partial charge in [-0.05, 0) is 28.5 Å². The normalized spacial score (nSPS) is 10.2. The van der Waals surface area contributed by atoms with E-state index < -0.39 is 0 Å². The minimum atomic E-state index is -0.0128. The Morgan fingerprint density at radius 3 is 2.25 bits per heavy atom. The van der Waals surface area contributed by atoms with Gasteiger partial charge in [0.15, 0.2) is 17.3 Å². The maximum absolute atomic E-state index is 12.4. The number of rotatable bonds is 6. The van der Waals surface area contributed by atoms with Gasteiger partial charge in [0.1, 0.15) is 5.75 Å². The van der Waals surface area contributed by atoms with Crippen molar-refractivity contribution in [2.45, 2.75) is 6.42 Å². The molecule has 0 fully saturated rings. The minimum absolute atomic E-state index is 0.0128. The van der Waals surface area contributed by atoms with E-state index in [2.05, 4.69) is 0 Å². The molecule has 0 radical (unpaired) electrons. The molecular weight excluding hydrogens is 276 g/mol. The summed E-state index contributed by atoms with van der Waals surface area (Å²) in [4.78, 5) is 12.4. The Labute approximate surface area is 121 Å². The summed E-state index contributed by atoms with van der Waals surface area (Å²) < 4.78 is 15.7. The van der Waals surface area contributed by atoms with Gasteiger partial charge in [-0.25, -0.2) is 0 Å². The standard InChI is InChI=1S/C15H16O4S/c1-17-13-8-15(19-3)14(18-2)7-11(13)12(16)6-10-4-5-20-9-10/h4-5,7-9H,6H2,1-3H3. The van der Waals surface area contributed by atoms with Gasteiger partial charge in [0.2, 0.25) is 0 Å². The van der Waals surface area contributed by atoms with Crippen LogP contribution in [-0.4, -0.2) is 27.1 Å². The second-order valence-corrected chi connectivity index (χ2v) is 4.92. The molecule has 0 N–H and O–H groups in total. The molecule has 0 bridgehead atoms. The molecule has 2 rings (SSSR count). The summed E-state index contributed by atoms with van der Waals surface area (Å²) in [6.45, 7) is 0. The highest BCUT2D eigenvalue weighted by Gasteiger charge is 2.18. The van der Waals surface area contributed by atoms with Gasteiger partial charge in [-0.3, -0.25) is 4.79 Å². The first-order chi connectivity index (χ1) is 9.69. The van der Waals surface area contributed by atoms with Gasteiger partial charge >= 0.3 is 0 Å². The first-order valence-electron chi connectivity index (χ1n) is 6.04. The summed E-state index contributed by atoms with van der Waals surface area (Å²) in [5.41, 5.74) is 1.49. The fourth-order valence-electron chi connectivity index (χ4n) is 1.92. The Bertz CT molecular complexity index is 590.